The summed E-state index contributed by atoms with van der Waals surface area (Å²) in [5, 5.41) is 2.15. The number of benzene rings is 1. The summed E-state index contributed by atoms with van der Waals surface area (Å²) in [7, 11) is -1.50. The largest absolute Gasteiger partial charge is 0.465 e. The van der Waals surface area contributed by atoms with Gasteiger partial charge in [0, 0.05) is 0 Å². The van der Waals surface area contributed by atoms with Gasteiger partial charge in [-0.15, -0.1) is 0 Å². The van der Waals surface area contributed by atoms with Crippen LogP contribution in [0.5, 0.6) is 0 Å². The Labute approximate surface area is 126 Å². The summed E-state index contributed by atoms with van der Waals surface area (Å²) in [5.74, 6) is -1.07. The Morgan fingerprint density at radius 1 is 0.857 bits per heavy atom. The SMILES string of the molecule is COC(=O)c1cc2c(cc1C(=O)OC)[Si](C)(C)O[Si]2(C)C. The summed E-state index contributed by atoms with van der Waals surface area (Å²) in [5.41, 5.74) is 0.498. The minimum atomic E-state index is -2.05. The van der Waals surface area contributed by atoms with E-state index < -0.39 is 28.6 Å². The van der Waals surface area contributed by atoms with Gasteiger partial charge < -0.3 is 13.6 Å². The maximum Gasteiger partial charge on any atom is 0.338 e. The molecule has 0 N–H and O–H groups in total. The number of carbonyl (C=O) groups excluding carboxylic acids is 2. The number of hydrogen-bond acceptors (Lipinski definition) is 5. The Kier molecular flexibility index (Phi) is 3.85. The van der Waals surface area contributed by atoms with Crippen LogP contribution in [0.15, 0.2) is 12.1 Å². The molecule has 0 bridgehead atoms. The average Bonchev–Trinajstić information content (AvgIpc) is 2.60. The number of carbonyl (C=O) groups is 2. The van der Waals surface area contributed by atoms with E-state index in [0.29, 0.717) is 0 Å². The van der Waals surface area contributed by atoms with Crippen LogP contribution in [0.3, 0.4) is 0 Å². The van der Waals surface area contributed by atoms with E-state index in [1.165, 1.54) is 14.2 Å². The molecular formula is C14H20O5Si2. The maximum absolute atomic E-state index is 12.0. The van der Waals surface area contributed by atoms with Gasteiger partial charge in [0.25, 0.3) is 0 Å². The molecule has 1 aliphatic heterocycles. The van der Waals surface area contributed by atoms with Crippen LogP contribution >= 0.6 is 0 Å². The average molecular weight is 324 g/mol. The predicted molar refractivity (Wildman–Crippen MR) is 84.4 cm³/mol. The van der Waals surface area contributed by atoms with Gasteiger partial charge in [0.15, 0.2) is 0 Å². The monoisotopic (exact) mass is 324 g/mol. The van der Waals surface area contributed by atoms with Crippen LogP contribution < -0.4 is 10.4 Å². The van der Waals surface area contributed by atoms with Crippen LogP contribution in [0.25, 0.3) is 0 Å². The fourth-order valence-corrected chi connectivity index (χ4v) is 13.1. The Morgan fingerprint density at radius 2 is 1.19 bits per heavy atom. The fraction of sp³-hybridized carbons (Fsp3) is 0.429. The van der Waals surface area contributed by atoms with Crippen LogP contribution in [0.1, 0.15) is 20.7 Å². The fourth-order valence-electron chi connectivity index (χ4n) is 2.90. The molecule has 0 atom stereocenters. The smallest absolute Gasteiger partial charge is 0.338 e. The summed E-state index contributed by atoms with van der Waals surface area (Å²) >= 11 is 0. The molecule has 1 heterocycles. The van der Waals surface area contributed by atoms with Crippen molar-refractivity contribution in [1.29, 1.82) is 0 Å². The molecule has 0 aromatic heterocycles. The van der Waals surface area contributed by atoms with Gasteiger partial charge in [0.2, 0.25) is 16.6 Å². The first-order valence-electron chi connectivity index (χ1n) is 6.70. The number of esters is 2. The molecule has 21 heavy (non-hydrogen) atoms. The zero-order valence-electron chi connectivity index (χ0n) is 13.2. The van der Waals surface area contributed by atoms with Crippen LogP contribution in [0.2, 0.25) is 26.2 Å². The molecule has 0 spiro atoms. The normalized spacial score (nSPS) is 18.0. The Bertz CT molecular complexity index is 569. The zero-order chi connectivity index (χ0) is 16.0. The third-order valence-corrected chi connectivity index (χ3v) is 11.5. The second-order valence-corrected chi connectivity index (χ2v) is 14.0. The Morgan fingerprint density at radius 3 is 1.48 bits per heavy atom. The number of fused-ring (bicyclic) bond motifs is 1. The minimum Gasteiger partial charge on any atom is -0.465 e. The summed E-state index contributed by atoms with van der Waals surface area (Å²) < 4.78 is 15.9. The highest BCUT2D eigenvalue weighted by Gasteiger charge is 2.47. The lowest BCUT2D eigenvalue weighted by molar-refractivity contribution is 0.0555. The van der Waals surface area contributed by atoms with E-state index in [9.17, 15) is 9.59 Å². The third kappa shape index (κ3) is 2.56. The second-order valence-electron chi connectivity index (χ2n) is 6.05. The third-order valence-electron chi connectivity index (χ3n) is 3.78. The first-order valence-corrected chi connectivity index (χ1v) is 12.5. The Hall–Kier alpha value is -1.45. The molecule has 0 fully saturated rings. The van der Waals surface area contributed by atoms with Crippen molar-refractivity contribution in [2.75, 3.05) is 14.2 Å². The van der Waals surface area contributed by atoms with Crippen LogP contribution in [0, 0.1) is 0 Å². The van der Waals surface area contributed by atoms with Gasteiger partial charge in [-0.05, 0) is 48.7 Å². The summed E-state index contributed by atoms with van der Waals surface area (Å²) in [6.07, 6.45) is 0. The van der Waals surface area contributed by atoms with Crippen LogP contribution in [-0.4, -0.2) is 42.8 Å². The first-order chi connectivity index (χ1) is 9.64. The van der Waals surface area contributed by atoms with Crippen LogP contribution in [-0.2, 0) is 13.6 Å². The first kappa shape index (κ1) is 15.9. The number of rotatable bonds is 2. The van der Waals surface area contributed by atoms with Gasteiger partial charge in [0.1, 0.15) is 0 Å². The van der Waals surface area contributed by atoms with Crippen molar-refractivity contribution < 1.29 is 23.2 Å². The zero-order valence-corrected chi connectivity index (χ0v) is 15.2. The lowest BCUT2D eigenvalue weighted by Crippen LogP contribution is -2.45. The standard InChI is InChI=1S/C14H20O5Si2/c1-17-13(15)9-7-11-12(8-10(9)14(16)18-2)21(5,6)19-20(11,3)4/h7-8H,1-6H3. The molecule has 1 aliphatic rings. The molecule has 114 valence electrons. The molecule has 1 aromatic carbocycles. The molecule has 0 saturated carbocycles. The lowest BCUT2D eigenvalue weighted by atomic mass is 10.1. The quantitative estimate of drug-likeness (QED) is 0.602. The van der Waals surface area contributed by atoms with E-state index >= 15 is 0 Å². The van der Waals surface area contributed by atoms with Crippen molar-refractivity contribution in [2.45, 2.75) is 26.2 Å². The molecule has 7 heteroatoms. The van der Waals surface area contributed by atoms with Gasteiger partial charge in [0.05, 0.1) is 25.3 Å². The molecule has 5 nitrogen and oxygen atoms in total. The van der Waals surface area contributed by atoms with E-state index in [4.69, 9.17) is 13.6 Å². The molecule has 0 saturated heterocycles. The van der Waals surface area contributed by atoms with Gasteiger partial charge >= 0.3 is 11.9 Å². The second kappa shape index (κ2) is 5.08. The van der Waals surface area contributed by atoms with E-state index in [2.05, 4.69) is 26.2 Å². The number of ether oxygens (including phenoxy) is 2. The van der Waals surface area contributed by atoms with Crippen molar-refractivity contribution in [3.05, 3.63) is 23.3 Å². The van der Waals surface area contributed by atoms with E-state index in [-0.39, 0.29) is 11.1 Å². The number of methoxy groups -OCH3 is 2. The van der Waals surface area contributed by atoms with E-state index in [1.54, 1.807) is 12.1 Å². The van der Waals surface area contributed by atoms with E-state index in [0.717, 1.165) is 10.4 Å². The van der Waals surface area contributed by atoms with Crippen molar-refractivity contribution in [3.63, 3.8) is 0 Å². The lowest BCUT2D eigenvalue weighted by Gasteiger charge is -2.22. The highest BCUT2D eigenvalue weighted by Crippen LogP contribution is 2.24. The molecule has 2 rings (SSSR count). The topological polar surface area (TPSA) is 61.8 Å². The Balaban J connectivity index is 2.75. The van der Waals surface area contributed by atoms with Gasteiger partial charge in [-0.3, -0.25) is 0 Å². The highest BCUT2D eigenvalue weighted by molar-refractivity contribution is 7.05. The number of hydrogen-bond donors (Lipinski definition) is 0. The van der Waals surface area contributed by atoms with Gasteiger partial charge in [-0.1, -0.05) is 0 Å². The van der Waals surface area contributed by atoms with E-state index in [1.807, 2.05) is 0 Å². The summed E-state index contributed by atoms with van der Waals surface area (Å²) in [4.78, 5) is 24.0. The molecule has 0 aliphatic carbocycles. The summed E-state index contributed by atoms with van der Waals surface area (Å²) in [6.45, 7) is 8.41. The van der Waals surface area contributed by atoms with Crippen molar-refractivity contribution in [2.24, 2.45) is 0 Å². The van der Waals surface area contributed by atoms with Crippen molar-refractivity contribution in [1.82, 2.24) is 0 Å². The summed E-state index contributed by atoms with van der Waals surface area (Å²) in [6, 6.07) is 3.53. The van der Waals surface area contributed by atoms with Crippen LogP contribution in [0.4, 0.5) is 0 Å². The van der Waals surface area contributed by atoms with Crippen molar-refractivity contribution in [3.8, 4) is 0 Å². The molecule has 0 radical (unpaired) electrons. The van der Waals surface area contributed by atoms with Gasteiger partial charge in [-0.25, -0.2) is 9.59 Å². The van der Waals surface area contributed by atoms with Crippen molar-refractivity contribution >= 4 is 38.9 Å². The molecular weight excluding hydrogens is 304 g/mol. The van der Waals surface area contributed by atoms with Gasteiger partial charge in [-0.2, -0.15) is 0 Å². The molecule has 1 aromatic rings. The minimum absolute atomic E-state index is 0.249. The highest BCUT2D eigenvalue weighted by atomic mass is 28.4. The predicted octanol–water partition coefficient (Wildman–Crippen LogP) is 1.11. The maximum atomic E-state index is 12.0. The molecule has 0 unspecified atom stereocenters. The molecule has 0 amide bonds.